The molecule has 2 aromatic heterocycles. The van der Waals surface area contributed by atoms with Gasteiger partial charge in [-0.25, -0.2) is 4.79 Å². The summed E-state index contributed by atoms with van der Waals surface area (Å²) in [7, 11) is 3.18. The Balaban J connectivity index is 2.02. The number of aromatic nitrogens is 3. The Morgan fingerprint density at radius 1 is 0.839 bits per heavy atom. The molecule has 0 aliphatic carbocycles. The lowest BCUT2D eigenvalue weighted by atomic mass is 10.1. The van der Waals surface area contributed by atoms with Gasteiger partial charge in [-0.1, -0.05) is 52.3 Å². The summed E-state index contributed by atoms with van der Waals surface area (Å²) >= 11 is 3.48. The summed E-state index contributed by atoms with van der Waals surface area (Å²) in [6.45, 7) is 0. The molecule has 5 rings (SSSR count). The van der Waals surface area contributed by atoms with Gasteiger partial charge in [0, 0.05) is 35.8 Å². The van der Waals surface area contributed by atoms with E-state index in [1.807, 2.05) is 71.4 Å². The number of benzene rings is 3. The first-order valence-electron chi connectivity index (χ1n) is 9.73. The normalized spacial score (nSPS) is 11.5. The van der Waals surface area contributed by atoms with Crippen LogP contribution in [0.2, 0.25) is 0 Å². The Bertz CT molecular complexity index is 1600. The largest absolute Gasteiger partial charge is 0.398 e. The van der Waals surface area contributed by atoms with Crippen molar-refractivity contribution in [3.05, 3.63) is 92.2 Å². The van der Waals surface area contributed by atoms with Gasteiger partial charge in [0.2, 0.25) is 0 Å². The van der Waals surface area contributed by atoms with Crippen LogP contribution in [0.25, 0.3) is 38.6 Å². The number of nitrogens with two attached hydrogens (primary N) is 1. The Labute approximate surface area is 185 Å². The molecule has 3 aromatic carbocycles. The summed E-state index contributed by atoms with van der Waals surface area (Å²) < 4.78 is 5.55. The summed E-state index contributed by atoms with van der Waals surface area (Å²) in [5, 5.41) is 2.38. The maximum absolute atomic E-state index is 13.2. The molecule has 0 amide bonds. The number of rotatable bonds is 2. The smallest absolute Gasteiger partial charge is 0.330 e. The minimum atomic E-state index is -0.366. The van der Waals surface area contributed by atoms with E-state index in [9.17, 15) is 9.59 Å². The van der Waals surface area contributed by atoms with Crippen LogP contribution in [0.1, 0.15) is 0 Å². The van der Waals surface area contributed by atoms with Crippen molar-refractivity contribution < 1.29 is 0 Å². The lowest BCUT2D eigenvalue weighted by Crippen LogP contribution is -2.36. The standard InChI is InChI=1S/C24H19BrN4O2/c1-27-19-13-29(18-8-4-6-14-5-3-7-17(26)20(14)18)22(15-9-11-16(25)12-10-15)21(19)23(30)28(2)24(27)31/h3-13H,26H2,1-2H3. The maximum atomic E-state index is 13.2. The molecule has 0 radical (unpaired) electrons. The van der Waals surface area contributed by atoms with Gasteiger partial charge in [-0.05, 0) is 35.2 Å². The predicted octanol–water partition coefficient (Wildman–Crippen LogP) is 4.19. The molecule has 0 fully saturated rings. The Hall–Kier alpha value is -3.58. The molecule has 31 heavy (non-hydrogen) atoms. The molecule has 2 N–H and O–H groups in total. The van der Waals surface area contributed by atoms with Crippen molar-refractivity contribution in [1.82, 2.24) is 13.7 Å². The molecule has 0 spiro atoms. The fraction of sp³-hybridized carbons (Fsp3) is 0.0833. The van der Waals surface area contributed by atoms with Gasteiger partial charge < -0.3 is 10.3 Å². The van der Waals surface area contributed by atoms with Crippen molar-refractivity contribution >= 4 is 43.3 Å². The summed E-state index contributed by atoms with van der Waals surface area (Å²) in [4.78, 5) is 25.8. The van der Waals surface area contributed by atoms with Crippen molar-refractivity contribution in [3.8, 4) is 16.9 Å². The predicted molar refractivity (Wildman–Crippen MR) is 129 cm³/mol. The van der Waals surface area contributed by atoms with Crippen molar-refractivity contribution in [2.24, 2.45) is 14.1 Å². The highest BCUT2D eigenvalue weighted by Crippen LogP contribution is 2.35. The molecule has 2 heterocycles. The van der Waals surface area contributed by atoms with Crippen LogP contribution in [-0.2, 0) is 14.1 Å². The van der Waals surface area contributed by atoms with Crippen molar-refractivity contribution in [2.75, 3.05) is 5.73 Å². The second-order valence-corrected chi connectivity index (χ2v) is 8.46. The average molecular weight is 475 g/mol. The van der Waals surface area contributed by atoms with Gasteiger partial charge >= 0.3 is 5.69 Å². The number of aryl methyl sites for hydroxylation is 1. The third kappa shape index (κ3) is 2.84. The van der Waals surface area contributed by atoms with Gasteiger partial charge in [-0.3, -0.25) is 13.9 Å². The van der Waals surface area contributed by atoms with E-state index in [0.717, 1.165) is 36.8 Å². The van der Waals surface area contributed by atoms with E-state index >= 15 is 0 Å². The third-order valence-electron chi connectivity index (χ3n) is 5.73. The molecule has 7 heteroatoms. The van der Waals surface area contributed by atoms with Crippen LogP contribution >= 0.6 is 15.9 Å². The molecule has 0 unspecified atom stereocenters. The first kappa shape index (κ1) is 19.4. The zero-order valence-corrected chi connectivity index (χ0v) is 18.6. The molecular formula is C24H19BrN4O2. The number of nitrogen functional groups attached to an aromatic ring is 1. The molecule has 0 bridgehead atoms. The molecule has 0 saturated carbocycles. The SMILES string of the molecule is Cn1c(=O)c2c(-c3ccc(Br)cc3)n(-c3cccc4cccc(N)c34)cc2n(C)c1=O. The van der Waals surface area contributed by atoms with Gasteiger partial charge in [-0.15, -0.1) is 0 Å². The average Bonchev–Trinajstić information content (AvgIpc) is 3.17. The number of hydrogen-bond acceptors (Lipinski definition) is 3. The fourth-order valence-corrected chi connectivity index (χ4v) is 4.44. The van der Waals surface area contributed by atoms with Gasteiger partial charge in [-0.2, -0.15) is 0 Å². The molecule has 154 valence electrons. The Kier molecular flexibility index (Phi) is 4.37. The number of hydrogen-bond donors (Lipinski definition) is 1. The number of fused-ring (bicyclic) bond motifs is 2. The van der Waals surface area contributed by atoms with E-state index < -0.39 is 0 Å². The van der Waals surface area contributed by atoms with Gasteiger partial charge in [0.05, 0.1) is 22.3 Å². The van der Waals surface area contributed by atoms with E-state index in [0.29, 0.717) is 16.6 Å². The minimum absolute atomic E-state index is 0.331. The Morgan fingerprint density at radius 3 is 2.23 bits per heavy atom. The van der Waals surface area contributed by atoms with Crippen LogP contribution in [0.15, 0.2) is 80.9 Å². The molecule has 0 saturated heterocycles. The quantitative estimate of drug-likeness (QED) is 0.389. The van der Waals surface area contributed by atoms with Crippen LogP contribution in [0.5, 0.6) is 0 Å². The van der Waals surface area contributed by atoms with Crippen molar-refractivity contribution in [1.29, 1.82) is 0 Å². The second-order valence-electron chi connectivity index (χ2n) is 7.54. The van der Waals surface area contributed by atoms with Crippen LogP contribution in [0.3, 0.4) is 0 Å². The topological polar surface area (TPSA) is 75.0 Å². The Morgan fingerprint density at radius 2 is 1.52 bits per heavy atom. The van der Waals surface area contributed by atoms with Crippen LogP contribution in [-0.4, -0.2) is 13.7 Å². The zero-order chi connectivity index (χ0) is 21.9. The van der Waals surface area contributed by atoms with E-state index in [1.165, 1.54) is 11.6 Å². The molecular weight excluding hydrogens is 456 g/mol. The fourth-order valence-electron chi connectivity index (χ4n) is 4.17. The number of halogens is 1. The van der Waals surface area contributed by atoms with Gasteiger partial charge in [0.25, 0.3) is 5.56 Å². The monoisotopic (exact) mass is 474 g/mol. The highest BCUT2D eigenvalue weighted by atomic mass is 79.9. The maximum Gasteiger partial charge on any atom is 0.330 e. The summed E-state index contributed by atoms with van der Waals surface area (Å²) in [6, 6.07) is 19.5. The number of anilines is 1. The first-order chi connectivity index (χ1) is 14.9. The molecule has 0 atom stereocenters. The second kappa shape index (κ2) is 6.99. The van der Waals surface area contributed by atoms with E-state index in [4.69, 9.17) is 5.73 Å². The molecule has 5 aromatic rings. The highest BCUT2D eigenvalue weighted by Gasteiger charge is 2.21. The van der Waals surface area contributed by atoms with E-state index in [2.05, 4.69) is 15.9 Å². The summed E-state index contributed by atoms with van der Waals surface area (Å²) in [6.07, 6.45) is 1.84. The van der Waals surface area contributed by atoms with Crippen LogP contribution in [0.4, 0.5) is 5.69 Å². The summed E-state index contributed by atoms with van der Waals surface area (Å²) in [5.74, 6) is 0. The van der Waals surface area contributed by atoms with Crippen LogP contribution < -0.4 is 17.0 Å². The third-order valence-corrected chi connectivity index (χ3v) is 6.26. The van der Waals surface area contributed by atoms with Crippen LogP contribution in [0, 0.1) is 0 Å². The molecule has 6 nitrogen and oxygen atoms in total. The lowest BCUT2D eigenvalue weighted by molar-refractivity contribution is 0.714. The van der Waals surface area contributed by atoms with Gasteiger partial charge in [0.15, 0.2) is 0 Å². The minimum Gasteiger partial charge on any atom is -0.398 e. The van der Waals surface area contributed by atoms with Crippen molar-refractivity contribution in [3.63, 3.8) is 0 Å². The van der Waals surface area contributed by atoms with E-state index in [1.54, 1.807) is 7.05 Å². The molecule has 0 aliphatic rings. The highest BCUT2D eigenvalue weighted by molar-refractivity contribution is 9.10. The van der Waals surface area contributed by atoms with Gasteiger partial charge in [0.1, 0.15) is 0 Å². The van der Waals surface area contributed by atoms with Crippen molar-refractivity contribution in [2.45, 2.75) is 0 Å². The number of nitrogens with zero attached hydrogens (tertiary/aromatic N) is 3. The first-order valence-corrected chi connectivity index (χ1v) is 10.5. The zero-order valence-electron chi connectivity index (χ0n) is 17.0. The molecule has 0 aliphatic heterocycles. The van der Waals surface area contributed by atoms with E-state index in [-0.39, 0.29) is 11.2 Å². The summed E-state index contributed by atoms with van der Waals surface area (Å²) in [5.41, 5.74) is 9.31. The lowest BCUT2D eigenvalue weighted by Gasteiger charge is -2.14.